The molecular weight excluding hydrogens is 262 g/mol. The van der Waals surface area contributed by atoms with E-state index in [1.807, 2.05) is 0 Å². The van der Waals surface area contributed by atoms with E-state index in [1.54, 1.807) is 0 Å². The van der Waals surface area contributed by atoms with E-state index in [4.69, 9.17) is 4.74 Å². The molecule has 1 heterocycles. The van der Waals surface area contributed by atoms with Gasteiger partial charge in [-0.25, -0.2) is 0 Å². The van der Waals surface area contributed by atoms with Crippen molar-refractivity contribution in [3.8, 4) is 0 Å². The summed E-state index contributed by atoms with van der Waals surface area (Å²) in [5.74, 6) is 0. The van der Waals surface area contributed by atoms with E-state index in [0.717, 1.165) is 39.4 Å². The Morgan fingerprint density at radius 2 is 1.81 bits per heavy atom. The Bertz CT molecular complexity index is 386. The molecule has 0 radical (unpaired) electrons. The van der Waals surface area contributed by atoms with Gasteiger partial charge >= 0.3 is 0 Å². The maximum Gasteiger partial charge on any atom is 0.0642 e. The number of unbranched alkanes of at least 4 members (excludes halogenated alkanes) is 1. The molecule has 0 atom stereocenters. The molecule has 0 aromatic heterocycles. The van der Waals surface area contributed by atoms with Crippen molar-refractivity contribution >= 4 is 5.69 Å². The van der Waals surface area contributed by atoms with Crippen LogP contribution < -0.4 is 10.2 Å². The lowest BCUT2D eigenvalue weighted by Gasteiger charge is -2.28. The molecule has 1 fully saturated rings. The van der Waals surface area contributed by atoms with E-state index in [9.17, 15) is 0 Å². The van der Waals surface area contributed by atoms with Gasteiger partial charge in [-0.05, 0) is 57.7 Å². The molecule has 1 aromatic rings. The zero-order chi connectivity index (χ0) is 14.9. The number of nitrogens with one attached hydrogen (secondary N) is 1. The molecule has 0 amide bonds. The molecule has 0 spiro atoms. The molecule has 0 aliphatic carbocycles. The fourth-order valence-electron chi connectivity index (χ4n) is 2.56. The van der Waals surface area contributed by atoms with Crippen LogP contribution in [0.2, 0.25) is 0 Å². The average molecular weight is 291 g/mol. The summed E-state index contributed by atoms with van der Waals surface area (Å²) in [7, 11) is 4.26. The van der Waals surface area contributed by atoms with E-state index in [0.29, 0.717) is 0 Å². The first-order valence-corrected chi connectivity index (χ1v) is 8.03. The van der Waals surface area contributed by atoms with Crippen molar-refractivity contribution in [3.05, 3.63) is 29.8 Å². The van der Waals surface area contributed by atoms with Crippen molar-refractivity contribution in [2.75, 3.05) is 58.4 Å². The Hall–Kier alpha value is -1.10. The molecule has 118 valence electrons. The highest BCUT2D eigenvalue weighted by Gasteiger charge is 2.10. The lowest BCUT2D eigenvalue weighted by Crippen LogP contribution is -2.36. The van der Waals surface area contributed by atoms with Crippen molar-refractivity contribution in [1.82, 2.24) is 10.2 Å². The number of nitrogens with zero attached hydrogens (tertiary/aromatic N) is 2. The molecule has 4 nitrogen and oxygen atoms in total. The van der Waals surface area contributed by atoms with Gasteiger partial charge in [-0.15, -0.1) is 0 Å². The highest BCUT2D eigenvalue weighted by Crippen LogP contribution is 2.16. The summed E-state index contributed by atoms with van der Waals surface area (Å²) < 4.78 is 5.39. The number of morpholine rings is 1. The Morgan fingerprint density at radius 1 is 1.10 bits per heavy atom. The number of ether oxygens (including phenoxy) is 1. The van der Waals surface area contributed by atoms with Gasteiger partial charge in [0.15, 0.2) is 0 Å². The van der Waals surface area contributed by atoms with Crippen LogP contribution in [0.4, 0.5) is 5.69 Å². The van der Waals surface area contributed by atoms with Gasteiger partial charge in [-0.2, -0.15) is 0 Å². The Morgan fingerprint density at radius 3 is 2.48 bits per heavy atom. The molecular formula is C17H29N3O. The van der Waals surface area contributed by atoms with Crippen LogP contribution >= 0.6 is 0 Å². The summed E-state index contributed by atoms with van der Waals surface area (Å²) in [4.78, 5) is 4.63. The Labute approximate surface area is 129 Å². The van der Waals surface area contributed by atoms with E-state index < -0.39 is 0 Å². The third-order valence-corrected chi connectivity index (χ3v) is 3.85. The largest absolute Gasteiger partial charge is 0.378 e. The van der Waals surface area contributed by atoms with Crippen molar-refractivity contribution < 1.29 is 4.74 Å². The average Bonchev–Trinajstić information content (AvgIpc) is 2.52. The second-order valence-corrected chi connectivity index (χ2v) is 5.95. The first-order chi connectivity index (χ1) is 10.3. The smallest absolute Gasteiger partial charge is 0.0642 e. The minimum atomic E-state index is 0.844. The van der Waals surface area contributed by atoms with Gasteiger partial charge in [-0.1, -0.05) is 12.1 Å². The third-order valence-electron chi connectivity index (χ3n) is 3.85. The summed E-state index contributed by atoms with van der Waals surface area (Å²) in [5, 5.41) is 3.52. The van der Waals surface area contributed by atoms with Gasteiger partial charge in [-0.3, -0.25) is 0 Å². The summed E-state index contributed by atoms with van der Waals surface area (Å²) in [6, 6.07) is 8.93. The number of anilines is 1. The second kappa shape index (κ2) is 9.03. The highest BCUT2D eigenvalue weighted by molar-refractivity contribution is 5.47. The van der Waals surface area contributed by atoms with Gasteiger partial charge in [0.25, 0.3) is 0 Å². The molecule has 0 saturated carbocycles. The molecule has 1 aromatic carbocycles. The van der Waals surface area contributed by atoms with E-state index in [2.05, 4.69) is 53.5 Å². The summed E-state index contributed by atoms with van der Waals surface area (Å²) >= 11 is 0. The van der Waals surface area contributed by atoms with Crippen LogP contribution in [0, 0.1) is 0 Å². The van der Waals surface area contributed by atoms with Gasteiger partial charge in [0.2, 0.25) is 0 Å². The van der Waals surface area contributed by atoms with Crippen LogP contribution in [0.1, 0.15) is 18.4 Å². The fraction of sp³-hybridized carbons (Fsp3) is 0.647. The second-order valence-electron chi connectivity index (χ2n) is 5.95. The van der Waals surface area contributed by atoms with E-state index in [-0.39, 0.29) is 0 Å². The Balaban J connectivity index is 1.65. The van der Waals surface area contributed by atoms with Crippen molar-refractivity contribution in [2.45, 2.75) is 19.4 Å². The third kappa shape index (κ3) is 6.04. The number of rotatable bonds is 8. The molecule has 0 unspecified atom stereocenters. The fourth-order valence-corrected chi connectivity index (χ4v) is 2.56. The van der Waals surface area contributed by atoms with Crippen molar-refractivity contribution in [3.63, 3.8) is 0 Å². The highest BCUT2D eigenvalue weighted by atomic mass is 16.5. The Kier molecular flexibility index (Phi) is 7.00. The lowest BCUT2D eigenvalue weighted by molar-refractivity contribution is 0.122. The SMILES string of the molecule is CN(C)CCCCNCc1ccc(N2CCOCC2)cc1. The predicted octanol–water partition coefficient (Wildman–Crippen LogP) is 1.95. The van der Waals surface area contributed by atoms with Crippen molar-refractivity contribution in [1.29, 1.82) is 0 Å². The van der Waals surface area contributed by atoms with Crippen LogP contribution in [-0.4, -0.2) is 58.4 Å². The summed E-state index contributed by atoms with van der Waals surface area (Å²) in [6.07, 6.45) is 2.50. The maximum atomic E-state index is 5.39. The van der Waals surface area contributed by atoms with Crippen LogP contribution in [0.3, 0.4) is 0 Å². The van der Waals surface area contributed by atoms with Gasteiger partial charge in [0, 0.05) is 25.3 Å². The number of hydrogen-bond donors (Lipinski definition) is 1. The van der Waals surface area contributed by atoms with Crippen LogP contribution in [0.15, 0.2) is 24.3 Å². The first kappa shape index (κ1) is 16.3. The van der Waals surface area contributed by atoms with Crippen LogP contribution in [0.25, 0.3) is 0 Å². The zero-order valence-corrected chi connectivity index (χ0v) is 13.5. The van der Waals surface area contributed by atoms with Gasteiger partial charge in [0.1, 0.15) is 0 Å². The predicted molar refractivity (Wildman–Crippen MR) is 89.0 cm³/mol. The topological polar surface area (TPSA) is 27.7 Å². The van der Waals surface area contributed by atoms with Crippen LogP contribution in [-0.2, 0) is 11.3 Å². The minimum absolute atomic E-state index is 0.844. The molecule has 4 heteroatoms. The quantitative estimate of drug-likeness (QED) is 0.741. The molecule has 0 bridgehead atoms. The van der Waals surface area contributed by atoms with E-state index >= 15 is 0 Å². The van der Waals surface area contributed by atoms with Crippen LogP contribution in [0.5, 0.6) is 0 Å². The minimum Gasteiger partial charge on any atom is -0.378 e. The molecule has 1 N–H and O–H groups in total. The molecule has 21 heavy (non-hydrogen) atoms. The van der Waals surface area contributed by atoms with Gasteiger partial charge in [0.05, 0.1) is 13.2 Å². The normalized spacial score (nSPS) is 15.7. The number of hydrogen-bond acceptors (Lipinski definition) is 4. The number of benzene rings is 1. The first-order valence-electron chi connectivity index (χ1n) is 8.03. The molecule has 1 aliphatic heterocycles. The summed E-state index contributed by atoms with van der Waals surface area (Å²) in [6.45, 7) is 6.93. The van der Waals surface area contributed by atoms with E-state index in [1.165, 1.54) is 30.6 Å². The van der Waals surface area contributed by atoms with Gasteiger partial charge < -0.3 is 19.9 Å². The molecule has 2 rings (SSSR count). The molecule has 1 aliphatic rings. The molecule has 1 saturated heterocycles. The van der Waals surface area contributed by atoms with Crippen molar-refractivity contribution in [2.24, 2.45) is 0 Å². The summed E-state index contributed by atoms with van der Waals surface area (Å²) in [5.41, 5.74) is 2.67. The lowest BCUT2D eigenvalue weighted by atomic mass is 10.2. The standard InChI is InChI=1S/C17H29N3O/c1-19(2)10-4-3-9-18-15-16-5-7-17(8-6-16)20-11-13-21-14-12-20/h5-8,18H,3-4,9-15H2,1-2H3. The zero-order valence-electron chi connectivity index (χ0n) is 13.5. The maximum absolute atomic E-state index is 5.39. The monoisotopic (exact) mass is 291 g/mol.